The molecule has 0 aliphatic rings. The summed E-state index contributed by atoms with van der Waals surface area (Å²) in [5.41, 5.74) is -1.05. The minimum atomic E-state index is -1.05. The van der Waals surface area contributed by atoms with Crippen molar-refractivity contribution in [3.8, 4) is 5.75 Å². The second-order valence-corrected chi connectivity index (χ2v) is 4.22. The molecule has 0 radical (unpaired) electrons. The average Bonchev–Trinajstić information content (AvgIpc) is 2.39. The number of carbonyl (C=O) groups is 1. The Morgan fingerprint density at radius 1 is 1.37 bits per heavy atom. The zero-order chi connectivity index (χ0) is 14.5. The van der Waals surface area contributed by atoms with Gasteiger partial charge in [0.15, 0.2) is 11.6 Å². The van der Waals surface area contributed by atoms with Crippen LogP contribution in [0.15, 0.2) is 18.2 Å². The molecule has 1 rings (SSSR count). The topological polar surface area (TPSA) is 47.6 Å². The third-order valence-electron chi connectivity index (χ3n) is 2.62. The fourth-order valence-corrected chi connectivity index (χ4v) is 1.59. The van der Waals surface area contributed by atoms with Crippen LogP contribution in [0.3, 0.4) is 0 Å². The number of esters is 1. The number of methoxy groups -OCH3 is 1. The van der Waals surface area contributed by atoms with Crippen LogP contribution in [-0.2, 0) is 9.53 Å². The van der Waals surface area contributed by atoms with E-state index < -0.39 is 23.1 Å². The lowest BCUT2D eigenvalue weighted by molar-refractivity contribution is -0.149. The smallest absolute Gasteiger partial charge is 0.329 e. The second kappa shape index (κ2) is 6.47. The molecule has 0 heterocycles. The van der Waals surface area contributed by atoms with Crippen molar-refractivity contribution < 1.29 is 23.0 Å². The van der Waals surface area contributed by atoms with Crippen LogP contribution in [0.25, 0.3) is 0 Å². The maximum absolute atomic E-state index is 13.0. The van der Waals surface area contributed by atoms with Crippen molar-refractivity contribution in [2.24, 2.45) is 0 Å². The van der Waals surface area contributed by atoms with Crippen molar-refractivity contribution >= 4 is 5.97 Å². The standard InChI is InChI=1S/C13H17F2NO3/c1-4-16-13(2,12(17)18-3)8-19-9-5-6-10(14)11(15)7-9/h5-7,16H,4,8H2,1-3H3. The highest BCUT2D eigenvalue weighted by Gasteiger charge is 2.34. The molecule has 1 unspecified atom stereocenters. The lowest BCUT2D eigenvalue weighted by Gasteiger charge is -2.27. The predicted molar refractivity (Wildman–Crippen MR) is 66.0 cm³/mol. The molecule has 19 heavy (non-hydrogen) atoms. The van der Waals surface area contributed by atoms with E-state index in [0.29, 0.717) is 6.54 Å². The number of halogens is 2. The van der Waals surface area contributed by atoms with Crippen molar-refractivity contribution in [1.82, 2.24) is 5.32 Å². The fourth-order valence-electron chi connectivity index (χ4n) is 1.59. The van der Waals surface area contributed by atoms with Crippen LogP contribution in [0.5, 0.6) is 5.75 Å². The van der Waals surface area contributed by atoms with Gasteiger partial charge in [0.25, 0.3) is 0 Å². The fraction of sp³-hybridized carbons (Fsp3) is 0.462. The summed E-state index contributed by atoms with van der Waals surface area (Å²) in [7, 11) is 1.27. The minimum absolute atomic E-state index is 0.0570. The van der Waals surface area contributed by atoms with E-state index in [2.05, 4.69) is 10.1 Å². The first-order valence-electron chi connectivity index (χ1n) is 5.84. The van der Waals surface area contributed by atoms with E-state index in [1.54, 1.807) is 6.92 Å². The van der Waals surface area contributed by atoms with Crippen LogP contribution in [0, 0.1) is 11.6 Å². The Morgan fingerprint density at radius 2 is 2.05 bits per heavy atom. The third kappa shape index (κ3) is 3.89. The molecule has 0 aliphatic heterocycles. The molecule has 0 fully saturated rings. The Labute approximate surface area is 110 Å². The van der Waals surface area contributed by atoms with Crippen molar-refractivity contribution in [2.45, 2.75) is 19.4 Å². The number of ether oxygens (including phenoxy) is 2. The summed E-state index contributed by atoms with van der Waals surface area (Å²) in [6.45, 7) is 3.92. The van der Waals surface area contributed by atoms with Gasteiger partial charge in [0.2, 0.25) is 0 Å². The first kappa shape index (κ1) is 15.4. The SMILES string of the molecule is CCNC(C)(COc1ccc(F)c(F)c1)C(=O)OC. The molecule has 0 saturated carbocycles. The van der Waals surface area contributed by atoms with Gasteiger partial charge in [0.05, 0.1) is 7.11 Å². The van der Waals surface area contributed by atoms with Gasteiger partial charge < -0.3 is 9.47 Å². The van der Waals surface area contributed by atoms with E-state index in [1.807, 2.05) is 6.92 Å². The van der Waals surface area contributed by atoms with E-state index in [1.165, 1.54) is 13.2 Å². The first-order chi connectivity index (χ1) is 8.92. The van der Waals surface area contributed by atoms with E-state index in [-0.39, 0.29) is 12.4 Å². The van der Waals surface area contributed by atoms with E-state index in [4.69, 9.17) is 4.74 Å². The molecule has 0 amide bonds. The average molecular weight is 273 g/mol. The molecule has 0 bridgehead atoms. The molecule has 6 heteroatoms. The molecule has 1 aromatic rings. The van der Waals surface area contributed by atoms with Gasteiger partial charge in [-0.05, 0) is 25.6 Å². The molecule has 0 aliphatic carbocycles. The Kier molecular flexibility index (Phi) is 5.23. The predicted octanol–water partition coefficient (Wildman–Crippen LogP) is 1.88. The van der Waals surface area contributed by atoms with E-state index in [0.717, 1.165) is 12.1 Å². The molecule has 0 spiro atoms. The van der Waals surface area contributed by atoms with Crippen LogP contribution in [0.2, 0.25) is 0 Å². The molecule has 1 aromatic carbocycles. The highest BCUT2D eigenvalue weighted by molar-refractivity contribution is 5.80. The number of hydrogen-bond acceptors (Lipinski definition) is 4. The summed E-state index contributed by atoms with van der Waals surface area (Å²) < 4.78 is 35.8. The van der Waals surface area contributed by atoms with Gasteiger partial charge in [-0.1, -0.05) is 6.92 Å². The second-order valence-electron chi connectivity index (χ2n) is 4.22. The van der Waals surface area contributed by atoms with Crippen molar-refractivity contribution in [3.05, 3.63) is 29.8 Å². The van der Waals surface area contributed by atoms with Crippen molar-refractivity contribution in [2.75, 3.05) is 20.3 Å². The summed E-state index contributed by atoms with van der Waals surface area (Å²) >= 11 is 0. The Balaban J connectivity index is 2.76. The third-order valence-corrected chi connectivity index (χ3v) is 2.62. The van der Waals surface area contributed by atoms with E-state index >= 15 is 0 Å². The normalized spacial score (nSPS) is 13.7. The number of nitrogens with one attached hydrogen (secondary N) is 1. The molecule has 0 aromatic heterocycles. The Hall–Kier alpha value is -1.69. The van der Waals surface area contributed by atoms with Crippen molar-refractivity contribution in [3.63, 3.8) is 0 Å². The highest BCUT2D eigenvalue weighted by atomic mass is 19.2. The van der Waals surface area contributed by atoms with E-state index in [9.17, 15) is 13.6 Å². The maximum atomic E-state index is 13.0. The number of carbonyl (C=O) groups excluding carboxylic acids is 1. The van der Waals surface area contributed by atoms with Gasteiger partial charge >= 0.3 is 5.97 Å². The number of benzene rings is 1. The number of likely N-dealkylation sites (N-methyl/N-ethyl adjacent to an activating group) is 1. The monoisotopic (exact) mass is 273 g/mol. The van der Waals surface area contributed by atoms with Gasteiger partial charge in [-0.25, -0.2) is 13.6 Å². The minimum Gasteiger partial charge on any atom is -0.491 e. The lowest BCUT2D eigenvalue weighted by atomic mass is 10.0. The summed E-state index contributed by atoms with van der Waals surface area (Å²) in [6.07, 6.45) is 0. The maximum Gasteiger partial charge on any atom is 0.329 e. The van der Waals surface area contributed by atoms with Crippen LogP contribution >= 0.6 is 0 Å². The quantitative estimate of drug-likeness (QED) is 0.804. The largest absolute Gasteiger partial charge is 0.491 e. The van der Waals surface area contributed by atoms with Crippen LogP contribution in [-0.4, -0.2) is 31.8 Å². The highest BCUT2D eigenvalue weighted by Crippen LogP contribution is 2.17. The molecular weight excluding hydrogens is 256 g/mol. The molecule has 1 atom stereocenters. The van der Waals surface area contributed by atoms with Crippen LogP contribution < -0.4 is 10.1 Å². The summed E-state index contributed by atoms with van der Waals surface area (Å²) in [5.74, 6) is -2.29. The van der Waals surface area contributed by atoms with Gasteiger partial charge in [-0.2, -0.15) is 0 Å². The van der Waals surface area contributed by atoms with Gasteiger partial charge in [0, 0.05) is 6.07 Å². The van der Waals surface area contributed by atoms with Gasteiger partial charge in [-0.15, -0.1) is 0 Å². The molecule has 4 nitrogen and oxygen atoms in total. The number of rotatable bonds is 6. The van der Waals surface area contributed by atoms with Crippen molar-refractivity contribution in [1.29, 1.82) is 0 Å². The Bertz CT molecular complexity index is 454. The first-order valence-corrected chi connectivity index (χ1v) is 5.84. The summed E-state index contributed by atoms with van der Waals surface area (Å²) in [4.78, 5) is 11.7. The summed E-state index contributed by atoms with van der Waals surface area (Å²) in [6, 6.07) is 3.19. The van der Waals surface area contributed by atoms with Crippen LogP contribution in [0.1, 0.15) is 13.8 Å². The molecule has 1 N–H and O–H groups in total. The summed E-state index contributed by atoms with van der Waals surface area (Å²) in [5, 5.41) is 2.94. The zero-order valence-corrected chi connectivity index (χ0v) is 11.1. The van der Waals surface area contributed by atoms with Crippen LogP contribution in [0.4, 0.5) is 8.78 Å². The number of hydrogen-bond donors (Lipinski definition) is 1. The zero-order valence-electron chi connectivity index (χ0n) is 11.1. The van der Waals surface area contributed by atoms with Gasteiger partial charge in [-0.3, -0.25) is 5.32 Å². The Morgan fingerprint density at radius 3 is 2.58 bits per heavy atom. The molecule has 0 saturated heterocycles. The van der Waals surface area contributed by atoms with Gasteiger partial charge in [0.1, 0.15) is 17.9 Å². The molecule has 106 valence electrons. The molecular formula is C13H17F2NO3. The lowest BCUT2D eigenvalue weighted by Crippen LogP contribution is -2.54.